The lowest BCUT2D eigenvalue weighted by Crippen LogP contribution is -2.48. The lowest BCUT2D eigenvalue weighted by molar-refractivity contribution is -0.120. The largest absolute Gasteiger partial charge is 0.353 e. The molecule has 4 heterocycles. The smallest absolute Gasteiger partial charge is 0.257 e. The first-order chi connectivity index (χ1) is 14.5. The molecule has 4 rings (SSSR count). The van der Waals surface area contributed by atoms with Crippen molar-refractivity contribution in [3.05, 3.63) is 71.4 Å². The fraction of sp³-hybridized carbons (Fsp3) is 0.273. The van der Waals surface area contributed by atoms with E-state index < -0.39 is 0 Å². The lowest BCUT2D eigenvalue weighted by Gasteiger charge is -2.27. The molecule has 0 unspecified atom stereocenters. The molecule has 0 bridgehead atoms. The SMILES string of the molecule is Cc1cc(C(=O)Nc2ccc(N3CCNC(=O)C3)nc2)c(C)n1Cc1ccccn1. The summed E-state index contributed by atoms with van der Waals surface area (Å²) in [5, 5.41) is 5.71. The molecule has 0 radical (unpaired) electrons. The topological polar surface area (TPSA) is 92.2 Å². The van der Waals surface area contributed by atoms with Crippen LogP contribution >= 0.6 is 0 Å². The number of carbonyl (C=O) groups excluding carboxylic acids is 2. The summed E-state index contributed by atoms with van der Waals surface area (Å²) in [6, 6.07) is 11.3. The lowest BCUT2D eigenvalue weighted by atomic mass is 10.2. The Balaban J connectivity index is 1.46. The van der Waals surface area contributed by atoms with Gasteiger partial charge in [-0.3, -0.25) is 14.6 Å². The molecule has 3 aromatic heterocycles. The van der Waals surface area contributed by atoms with E-state index in [1.807, 2.05) is 49.1 Å². The van der Waals surface area contributed by atoms with Crippen molar-refractivity contribution < 1.29 is 9.59 Å². The minimum atomic E-state index is -0.178. The first kappa shape index (κ1) is 19.6. The maximum absolute atomic E-state index is 12.9. The van der Waals surface area contributed by atoms with Gasteiger partial charge in [-0.1, -0.05) is 6.07 Å². The van der Waals surface area contributed by atoms with Crippen LogP contribution in [0.25, 0.3) is 0 Å². The molecule has 1 aliphatic heterocycles. The molecule has 2 amide bonds. The Morgan fingerprint density at radius 2 is 2.07 bits per heavy atom. The van der Waals surface area contributed by atoms with Gasteiger partial charge in [0.05, 0.1) is 36.2 Å². The molecular weight excluding hydrogens is 380 g/mol. The second-order valence-corrected chi connectivity index (χ2v) is 7.32. The van der Waals surface area contributed by atoms with Crippen molar-refractivity contribution >= 4 is 23.3 Å². The molecular formula is C22H24N6O2. The summed E-state index contributed by atoms with van der Waals surface area (Å²) in [4.78, 5) is 35.1. The number of carbonyl (C=O) groups is 2. The fourth-order valence-corrected chi connectivity index (χ4v) is 3.61. The third-order valence-electron chi connectivity index (χ3n) is 5.23. The maximum Gasteiger partial charge on any atom is 0.257 e. The predicted octanol–water partition coefficient (Wildman–Crippen LogP) is 2.13. The fourth-order valence-electron chi connectivity index (χ4n) is 3.61. The average molecular weight is 404 g/mol. The van der Waals surface area contributed by atoms with E-state index >= 15 is 0 Å². The molecule has 154 valence electrons. The Labute approximate surface area is 175 Å². The van der Waals surface area contributed by atoms with Crippen molar-refractivity contribution in [2.45, 2.75) is 20.4 Å². The van der Waals surface area contributed by atoms with Crippen LogP contribution in [0.4, 0.5) is 11.5 Å². The molecule has 30 heavy (non-hydrogen) atoms. The van der Waals surface area contributed by atoms with Crippen molar-refractivity contribution in [1.29, 1.82) is 0 Å². The van der Waals surface area contributed by atoms with Crippen LogP contribution in [0.5, 0.6) is 0 Å². The summed E-state index contributed by atoms with van der Waals surface area (Å²) in [6.07, 6.45) is 3.39. The van der Waals surface area contributed by atoms with Crippen molar-refractivity contribution in [3.8, 4) is 0 Å². The maximum atomic E-state index is 12.9. The monoisotopic (exact) mass is 404 g/mol. The number of piperazine rings is 1. The van der Waals surface area contributed by atoms with Gasteiger partial charge in [0, 0.05) is 30.7 Å². The second-order valence-electron chi connectivity index (χ2n) is 7.32. The van der Waals surface area contributed by atoms with Gasteiger partial charge in [0.1, 0.15) is 5.82 Å². The highest BCUT2D eigenvalue weighted by atomic mass is 16.2. The number of amides is 2. The van der Waals surface area contributed by atoms with Gasteiger partial charge in [-0.2, -0.15) is 0 Å². The minimum Gasteiger partial charge on any atom is -0.353 e. The highest BCUT2D eigenvalue weighted by molar-refractivity contribution is 6.05. The Morgan fingerprint density at radius 1 is 1.20 bits per heavy atom. The second kappa shape index (κ2) is 8.36. The summed E-state index contributed by atoms with van der Waals surface area (Å²) >= 11 is 0. The van der Waals surface area contributed by atoms with Crippen LogP contribution in [-0.4, -0.2) is 46.0 Å². The summed E-state index contributed by atoms with van der Waals surface area (Å²) in [5.41, 5.74) is 4.07. The van der Waals surface area contributed by atoms with Crippen LogP contribution in [0.2, 0.25) is 0 Å². The van der Waals surface area contributed by atoms with E-state index in [-0.39, 0.29) is 11.8 Å². The molecule has 0 aromatic carbocycles. The quantitative estimate of drug-likeness (QED) is 0.680. The molecule has 0 saturated carbocycles. The number of aromatic nitrogens is 3. The number of nitrogens with one attached hydrogen (secondary N) is 2. The Bertz CT molecular complexity index is 1060. The van der Waals surface area contributed by atoms with Gasteiger partial charge in [0.25, 0.3) is 5.91 Å². The summed E-state index contributed by atoms with van der Waals surface area (Å²) in [5.74, 6) is 0.528. The molecule has 2 N–H and O–H groups in total. The number of hydrogen-bond donors (Lipinski definition) is 2. The standard InChI is InChI=1S/C22H24N6O2/c1-15-11-19(16(2)28(15)13-18-5-3-4-8-23-18)22(30)26-17-6-7-20(25-12-17)27-10-9-24-21(29)14-27/h3-8,11-12H,9-10,13-14H2,1-2H3,(H,24,29)(H,26,30). The molecule has 1 aliphatic rings. The first-order valence-electron chi connectivity index (χ1n) is 9.87. The zero-order chi connectivity index (χ0) is 21.1. The van der Waals surface area contributed by atoms with Crippen LogP contribution in [0.3, 0.4) is 0 Å². The zero-order valence-electron chi connectivity index (χ0n) is 17.1. The van der Waals surface area contributed by atoms with Gasteiger partial charge >= 0.3 is 0 Å². The molecule has 0 spiro atoms. The predicted molar refractivity (Wildman–Crippen MR) is 115 cm³/mol. The van der Waals surface area contributed by atoms with E-state index in [1.165, 1.54) is 0 Å². The zero-order valence-corrected chi connectivity index (χ0v) is 17.1. The van der Waals surface area contributed by atoms with E-state index in [4.69, 9.17) is 0 Å². The van der Waals surface area contributed by atoms with Crippen LogP contribution in [0, 0.1) is 13.8 Å². The van der Waals surface area contributed by atoms with Crippen LogP contribution in [0.1, 0.15) is 27.4 Å². The minimum absolute atomic E-state index is 0.0125. The van der Waals surface area contributed by atoms with Crippen molar-refractivity contribution in [2.24, 2.45) is 0 Å². The highest BCUT2D eigenvalue weighted by Gasteiger charge is 2.19. The van der Waals surface area contributed by atoms with Crippen LogP contribution in [0.15, 0.2) is 48.8 Å². The molecule has 3 aromatic rings. The summed E-state index contributed by atoms with van der Waals surface area (Å²) < 4.78 is 2.08. The molecule has 1 fully saturated rings. The Hall–Kier alpha value is -3.68. The average Bonchev–Trinajstić information content (AvgIpc) is 3.03. The van der Waals surface area contributed by atoms with Gasteiger partial charge in [-0.15, -0.1) is 0 Å². The number of aryl methyl sites for hydroxylation is 1. The third-order valence-corrected chi connectivity index (χ3v) is 5.23. The molecule has 0 atom stereocenters. The number of rotatable bonds is 5. The van der Waals surface area contributed by atoms with Gasteiger partial charge in [-0.05, 0) is 44.2 Å². The number of pyridine rings is 2. The molecule has 8 nitrogen and oxygen atoms in total. The van der Waals surface area contributed by atoms with Crippen LogP contribution < -0.4 is 15.5 Å². The van der Waals surface area contributed by atoms with E-state index in [9.17, 15) is 9.59 Å². The molecule has 8 heteroatoms. The van der Waals surface area contributed by atoms with Crippen LogP contribution in [-0.2, 0) is 11.3 Å². The van der Waals surface area contributed by atoms with Gasteiger partial charge in [0.15, 0.2) is 0 Å². The summed E-state index contributed by atoms with van der Waals surface area (Å²) in [7, 11) is 0. The summed E-state index contributed by atoms with van der Waals surface area (Å²) in [6.45, 7) is 6.15. The van der Waals surface area contributed by atoms with E-state index in [0.29, 0.717) is 37.4 Å². The van der Waals surface area contributed by atoms with Crippen molar-refractivity contribution in [3.63, 3.8) is 0 Å². The number of hydrogen-bond acceptors (Lipinski definition) is 5. The number of nitrogens with zero attached hydrogens (tertiary/aromatic N) is 4. The number of anilines is 2. The molecule has 1 saturated heterocycles. The third kappa shape index (κ3) is 4.17. The van der Waals surface area contributed by atoms with Gasteiger partial charge < -0.3 is 20.1 Å². The first-order valence-corrected chi connectivity index (χ1v) is 9.87. The molecule has 0 aliphatic carbocycles. The van der Waals surface area contributed by atoms with Gasteiger partial charge in [0.2, 0.25) is 5.91 Å². The van der Waals surface area contributed by atoms with Crippen molar-refractivity contribution in [1.82, 2.24) is 19.9 Å². The van der Waals surface area contributed by atoms with Gasteiger partial charge in [-0.25, -0.2) is 4.98 Å². The van der Waals surface area contributed by atoms with E-state index in [0.717, 1.165) is 22.9 Å². The normalized spacial score (nSPS) is 13.8. The Morgan fingerprint density at radius 3 is 2.77 bits per heavy atom. The van der Waals surface area contributed by atoms with E-state index in [1.54, 1.807) is 18.5 Å². The highest BCUT2D eigenvalue weighted by Crippen LogP contribution is 2.20. The van der Waals surface area contributed by atoms with E-state index in [2.05, 4.69) is 25.2 Å². The van der Waals surface area contributed by atoms with Crippen molar-refractivity contribution in [2.75, 3.05) is 29.9 Å². The Kier molecular flexibility index (Phi) is 5.47.